The Labute approximate surface area is 71.0 Å². The molecule has 0 saturated heterocycles. The largest absolute Gasteiger partial charge is 0.333 e. The molecule has 0 atom stereocenters. The van der Waals surface area contributed by atoms with E-state index < -0.39 is 0 Å². The second-order valence-corrected chi connectivity index (χ2v) is 0.761. The SMILES string of the molecule is C=CC=CC.CN.CN.CN. The van der Waals surface area contributed by atoms with Crippen LogP contribution < -0.4 is 17.2 Å². The third kappa shape index (κ3) is 274. The fraction of sp³-hybridized carbons (Fsp3) is 0.500. The van der Waals surface area contributed by atoms with Gasteiger partial charge in [0.25, 0.3) is 0 Å². The molecule has 70 valence electrons. The van der Waals surface area contributed by atoms with Crippen LogP contribution in [0.1, 0.15) is 6.92 Å². The van der Waals surface area contributed by atoms with E-state index in [9.17, 15) is 0 Å². The molecule has 0 aromatic carbocycles. The number of rotatable bonds is 1. The Morgan fingerprint density at radius 2 is 1.18 bits per heavy atom. The van der Waals surface area contributed by atoms with Crippen molar-refractivity contribution in [2.75, 3.05) is 21.1 Å². The lowest BCUT2D eigenvalue weighted by Crippen LogP contribution is -1.69. The summed E-state index contributed by atoms with van der Waals surface area (Å²) in [6.07, 6.45) is 5.58. The van der Waals surface area contributed by atoms with E-state index in [0.717, 1.165) is 0 Å². The highest BCUT2D eigenvalue weighted by molar-refractivity contribution is 4.94. The van der Waals surface area contributed by atoms with Crippen LogP contribution in [0.25, 0.3) is 0 Å². The van der Waals surface area contributed by atoms with Gasteiger partial charge in [0.2, 0.25) is 0 Å². The molecule has 0 saturated carbocycles. The van der Waals surface area contributed by atoms with Gasteiger partial charge in [0.1, 0.15) is 0 Å². The predicted molar refractivity (Wildman–Crippen MR) is 55.3 cm³/mol. The Bertz CT molecular complexity index is 51.3. The first kappa shape index (κ1) is 22.4. The Morgan fingerprint density at radius 3 is 1.18 bits per heavy atom. The van der Waals surface area contributed by atoms with Gasteiger partial charge in [-0.15, -0.1) is 0 Å². The maximum absolute atomic E-state index is 4.50. The minimum absolute atomic E-state index is 1.50. The Morgan fingerprint density at radius 1 is 0.909 bits per heavy atom. The number of allylic oxidation sites excluding steroid dienone is 3. The van der Waals surface area contributed by atoms with Crippen LogP contribution >= 0.6 is 0 Å². The first-order valence-corrected chi connectivity index (χ1v) is 3.38. The lowest BCUT2D eigenvalue weighted by molar-refractivity contribution is 1.48. The van der Waals surface area contributed by atoms with Crippen molar-refractivity contribution < 1.29 is 0 Å². The van der Waals surface area contributed by atoms with Gasteiger partial charge >= 0.3 is 0 Å². The van der Waals surface area contributed by atoms with Gasteiger partial charge in [0.15, 0.2) is 0 Å². The first-order valence-electron chi connectivity index (χ1n) is 3.38. The van der Waals surface area contributed by atoms with Gasteiger partial charge in [0, 0.05) is 0 Å². The molecule has 3 heteroatoms. The molecule has 0 rings (SSSR count). The highest BCUT2D eigenvalue weighted by Crippen LogP contribution is 1.64. The highest BCUT2D eigenvalue weighted by Gasteiger charge is 1.42. The van der Waals surface area contributed by atoms with E-state index in [0.29, 0.717) is 0 Å². The summed E-state index contributed by atoms with van der Waals surface area (Å²) in [5.74, 6) is 0. The van der Waals surface area contributed by atoms with Crippen LogP contribution in [-0.2, 0) is 0 Å². The molecule has 0 heterocycles. The van der Waals surface area contributed by atoms with Crippen molar-refractivity contribution in [3.63, 3.8) is 0 Å². The van der Waals surface area contributed by atoms with Crippen molar-refractivity contribution in [1.29, 1.82) is 0 Å². The second-order valence-electron chi connectivity index (χ2n) is 0.761. The van der Waals surface area contributed by atoms with Gasteiger partial charge in [0.05, 0.1) is 0 Å². The summed E-state index contributed by atoms with van der Waals surface area (Å²) in [7, 11) is 4.50. The smallest absolute Gasteiger partial charge is 0.0195 e. The van der Waals surface area contributed by atoms with Crippen molar-refractivity contribution >= 4 is 0 Å². The fourth-order valence-corrected chi connectivity index (χ4v) is 0.136. The van der Waals surface area contributed by atoms with Crippen molar-refractivity contribution in [2.24, 2.45) is 17.2 Å². The molecule has 0 amide bonds. The molecule has 0 aliphatic rings. The maximum Gasteiger partial charge on any atom is -0.0195 e. The van der Waals surface area contributed by atoms with Crippen molar-refractivity contribution in [1.82, 2.24) is 0 Å². The summed E-state index contributed by atoms with van der Waals surface area (Å²) in [5.41, 5.74) is 13.5. The summed E-state index contributed by atoms with van der Waals surface area (Å²) in [4.78, 5) is 0. The third-order valence-electron chi connectivity index (χ3n) is 0.329. The molecule has 0 unspecified atom stereocenters. The summed E-state index contributed by atoms with van der Waals surface area (Å²) in [6.45, 7) is 5.42. The molecule has 0 spiro atoms. The maximum atomic E-state index is 4.50. The molecule has 0 radical (unpaired) electrons. The van der Waals surface area contributed by atoms with E-state index in [-0.39, 0.29) is 0 Å². The molecule has 0 aliphatic heterocycles. The van der Waals surface area contributed by atoms with Crippen LogP contribution in [0.5, 0.6) is 0 Å². The monoisotopic (exact) mass is 161 g/mol. The molecule has 0 aromatic heterocycles. The molecule has 3 nitrogen and oxygen atoms in total. The van der Waals surface area contributed by atoms with E-state index in [1.54, 1.807) is 6.08 Å². The fourth-order valence-electron chi connectivity index (χ4n) is 0.136. The summed E-state index contributed by atoms with van der Waals surface area (Å²) < 4.78 is 0. The summed E-state index contributed by atoms with van der Waals surface area (Å²) >= 11 is 0. The summed E-state index contributed by atoms with van der Waals surface area (Å²) in [6, 6.07) is 0. The zero-order valence-electron chi connectivity index (χ0n) is 8.17. The van der Waals surface area contributed by atoms with Crippen LogP contribution in [0, 0.1) is 0 Å². The van der Waals surface area contributed by atoms with Crippen molar-refractivity contribution in [2.45, 2.75) is 6.92 Å². The predicted octanol–water partition coefficient (Wildman–Crippen LogP) is 0.473. The normalized spacial score (nSPS) is 5.73. The minimum Gasteiger partial charge on any atom is -0.333 e. The zero-order valence-corrected chi connectivity index (χ0v) is 8.17. The molecule has 0 bridgehead atoms. The number of hydrogen-bond acceptors (Lipinski definition) is 3. The number of hydrogen-bond donors (Lipinski definition) is 3. The number of nitrogens with two attached hydrogens (primary N) is 3. The minimum atomic E-state index is 1.50. The average Bonchev–Trinajstić information content (AvgIpc) is 2.16. The van der Waals surface area contributed by atoms with Crippen molar-refractivity contribution in [3.05, 3.63) is 24.8 Å². The second kappa shape index (κ2) is 117. The molecular weight excluding hydrogens is 138 g/mol. The van der Waals surface area contributed by atoms with Crippen LogP contribution in [0.3, 0.4) is 0 Å². The van der Waals surface area contributed by atoms with Gasteiger partial charge in [-0.3, -0.25) is 0 Å². The van der Waals surface area contributed by atoms with Crippen LogP contribution in [-0.4, -0.2) is 21.1 Å². The molecule has 0 aromatic rings. The van der Waals surface area contributed by atoms with E-state index in [2.05, 4.69) is 23.8 Å². The van der Waals surface area contributed by atoms with E-state index >= 15 is 0 Å². The zero-order chi connectivity index (χ0) is 10.1. The highest BCUT2D eigenvalue weighted by atomic mass is 14.4. The average molecular weight is 161 g/mol. The molecule has 11 heavy (non-hydrogen) atoms. The molecule has 6 N–H and O–H groups in total. The lowest BCUT2D eigenvalue weighted by Gasteiger charge is -1.56. The topological polar surface area (TPSA) is 78.1 Å². The quantitative estimate of drug-likeness (QED) is 0.489. The lowest BCUT2D eigenvalue weighted by atomic mass is 10.5. The molecule has 0 aliphatic carbocycles. The Balaban J connectivity index is -0.0000000350. The van der Waals surface area contributed by atoms with Gasteiger partial charge in [-0.1, -0.05) is 24.8 Å². The van der Waals surface area contributed by atoms with Crippen LogP contribution in [0.4, 0.5) is 0 Å². The van der Waals surface area contributed by atoms with Gasteiger partial charge in [-0.2, -0.15) is 0 Å². The Hall–Kier alpha value is -0.640. The van der Waals surface area contributed by atoms with Gasteiger partial charge in [-0.05, 0) is 28.1 Å². The first-order chi connectivity index (χ1) is 5.41. The standard InChI is InChI=1S/C5H8.3CH5N/c1-3-5-4-2;3*1-2/h3-5H,1H2,2H3;3*2H2,1H3. The Kier molecular flexibility index (Phi) is 240. The van der Waals surface area contributed by atoms with E-state index in [1.807, 2.05) is 19.1 Å². The van der Waals surface area contributed by atoms with Crippen LogP contribution in [0.15, 0.2) is 24.8 Å². The third-order valence-corrected chi connectivity index (χ3v) is 0.329. The van der Waals surface area contributed by atoms with Crippen LogP contribution in [0.2, 0.25) is 0 Å². The van der Waals surface area contributed by atoms with E-state index in [1.165, 1.54) is 21.1 Å². The molecular formula is C8H23N3. The van der Waals surface area contributed by atoms with Gasteiger partial charge in [-0.25, -0.2) is 0 Å². The molecule has 0 fully saturated rings. The van der Waals surface area contributed by atoms with Crippen molar-refractivity contribution in [3.8, 4) is 0 Å². The summed E-state index contributed by atoms with van der Waals surface area (Å²) in [5, 5.41) is 0. The van der Waals surface area contributed by atoms with Gasteiger partial charge < -0.3 is 17.2 Å². The van der Waals surface area contributed by atoms with E-state index in [4.69, 9.17) is 0 Å².